The van der Waals surface area contributed by atoms with Crippen molar-refractivity contribution in [3.05, 3.63) is 19.3 Å². The molecule has 0 aliphatic rings. The maximum Gasteiger partial charge on any atom is 0.148 e. The zero-order chi connectivity index (χ0) is 9.26. The third kappa shape index (κ3) is 2.06. The van der Waals surface area contributed by atoms with E-state index in [9.17, 15) is 0 Å². The number of rotatable bonds is 2. The maximum absolute atomic E-state index is 5.46. The first-order valence-electron chi connectivity index (χ1n) is 3.56. The normalized spacial score (nSPS) is 10.6. The van der Waals surface area contributed by atoms with Gasteiger partial charge in [-0.15, -0.1) is 21.5 Å². The highest BCUT2D eigenvalue weighted by Gasteiger charge is 2.06. The number of halogens is 1. The number of hydrogen-bond acceptors (Lipinski definition) is 5. The summed E-state index contributed by atoms with van der Waals surface area (Å²) in [5.74, 6) is 0. The van der Waals surface area contributed by atoms with Crippen LogP contribution in [0.4, 0.5) is 0 Å². The van der Waals surface area contributed by atoms with Crippen LogP contribution in [0.5, 0.6) is 0 Å². The molecule has 2 heterocycles. The van der Waals surface area contributed by atoms with Gasteiger partial charge in [0.2, 0.25) is 0 Å². The second kappa shape index (κ2) is 3.99. The van der Waals surface area contributed by atoms with Crippen LogP contribution < -0.4 is 5.73 Å². The monoisotopic (exact) mass is 323 g/mol. The number of aromatic nitrogens is 2. The van der Waals surface area contributed by atoms with Crippen molar-refractivity contribution in [2.45, 2.75) is 6.54 Å². The van der Waals surface area contributed by atoms with Gasteiger partial charge in [-0.1, -0.05) is 11.3 Å². The minimum Gasteiger partial charge on any atom is -0.324 e. The molecule has 0 saturated heterocycles. The fraction of sp³-hybridized carbons (Fsp3) is 0.143. The molecule has 0 unspecified atom stereocenters. The van der Waals surface area contributed by atoms with E-state index in [-0.39, 0.29) is 0 Å². The van der Waals surface area contributed by atoms with Crippen LogP contribution in [0.3, 0.4) is 0 Å². The molecule has 68 valence electrons. The predicted molar refractivity (Wildman–Crippen MR) is 63.8 cm³/mol. The van der Waals surface area contributed by atoms with Gasteiger partial charge in [0, 0.05) is 17.5 Å². The molecule has 2 N–H and O–H groups in total. The highest BCUT2D eigenvalue weighted by atomic mass is 127. The predicted octanol–water partition coefficient (Wildman–Crippen LogP) is 2.33. The van der Waals surface area contributed by atoms with Crippen molar-refractivity contribution in [1.29, 1.82) is 0 Å². The lowest BCUT2D eigenvalue weighted by Crippen LogP contribution is -1.94. The molecule has 0 saturated carbocycles. The van der Waals surface area contributed by atoms with Crippen LogP contribution in [-0.2, 0) is 6.54 Å². The van der Waals surface area contributed by atoms with Gasteiger partial charge in [0.15, 0.2) is 0 Å². The van der Waals surface area contributed by atoms with Crippen molar-refractivity contribution < 1.29 is 0 Å². The topological polar surface area (TPSA) is 51.8 Å². The van der Waals surface area contributed by atoms with Crippen LogP contribution >= 0.6 is 45.3 Å². The fourth-order valence-corrected chi connectivity index (χ4v) is 2.99. The van der Waals surface area contributed by atoms with E-state index in [1.54, 1.807) is 22.7 Å². The summed E-state index contributed by atoms with van der Waals surface area (Å²) in [6, 6.07) is 2.10. The van der Waals surface area contributed by atoms with Gasteiger partial charge in [-0.25, -0.2) is 0 Å². The molecule has 0 amide bonds. The van der Waals surface area contributed by atoms with Crippen molar-refractivity contribution in [3.8, 4) is 10.6 Å². The number of nitrogens with two attached hydrogens (primary N) is 1. The Balaban J connectivity index is 2.35. The summed E-state index contributed by atoms with van der Waals surface area (Å²) in [7, 11) is 0. The second-order valence-corrected chi connectivity index (χ2v) is 6.21. The Morgan fingerprint density at radius 2 is 2.31 bits per heavy atom. The molecule has 13 heavy (non-hydrogen) atoms. The van der Waals surface area contributed by atoms with E-state index in [4.69, 9.17) is 5.73 Å². The number of thiophene rings is 1. The molecular formula is C7H6IN3S2. The summed E-state index contributed by atoms with van der Waals surface area (Å²) < 4.78 is 1.26. The highest BCUT2D eigenvalue weighted by Crippen LogP contribution is 2.28. The first kappa shape index (κ1) is 9.50. The lowest BCUT2D eigenvalue weighted by atomic mass is 10.4. The van der Waals surface area contributed by atoms with E-state index in [0.29, 0.717) is 6.54 Å². The lowest BCUT2D eigenvalue weighted by molar-refractivity contribution is 0.960. The molecule has 0 aliphatic carbocycles. The maximum atomic E-state index is 5.46. The van der Waals surface area contributed by atoms with Crippen LogP contribution in [0, 0.1) is 2.88 Å². The molecule has 0 aromatic carbocycles. The van der Waals surface area contributed by atoms with Gasteiger partial charge < -0.3 is 5.73 Å². The lowest BCUT2D eigenvalue weighted by Gasteiger charge is -1.83. The van der Waals surface area contributed by atoms with Crippen molar-refractivity contribution in [1.82, 2.24) is 10.2 Å². The molecule has 0 spiro atoms. The van der Waals surface area contributed by atoms with Crippen LogP contribution in [0.2, 0.25) is 0 Å². The molecule has 0 radical (unpaired) electrons. The molecule has 0 atom stereocenters. The molecule has 2 rings (SSSR count). The van der Waals surface area contributed by atoms with Crippen LogP contribution in [0.15, 0.2) is 11.4 Å². The van der Waals surface area contributed by atoms with Gasteiger partial charge in [-0.2, -0.15) is 0 Å². The van der Waals surface area contributed by atoms with E-state index < -0.39 is 0 Å². The van der Waals surface area contributed by atoms with E-state index >= 15 is 0 Å². The summed E-state index contributed by atoms with van der Waals surface area (Å²) in [5, 5.41) is 12.0. The van der Waals surface area contributed by atoms with Crippen molar-refractivity contribution in [2.75, 3.05) is 0 Å². The molecule has 6 heteroatoms. The largest absolute Gasteiger partial charge is 0.324 e. The zero-order valence-electron chi connectivity index (χ0n) is 6.53. The molecule has 3 nitrogen and oxygen atoms in total. The van der Waals surface area contributed by atoms with Crippen LogP contribution in [0.25, 0.3) is 10.6 Å². The highest BCUT2D eigenvalue weighted by molar-refractivity contribution is 14.1. The average Bonchev–Trinajstić information content (AvgIpc) is 2.71. The van der Waals surface area contributed by atoms with E-state index in [1.807, 2.05) is 0 Å². The SMILES string of the molecule is NCc1nnc(-c2csc(I)c2)s1. The van der Waals surface area contributed by atoms with E-state index in [2.05, 4.69) is 44.2 Å². The number of hydrogen-bond donors (Lipinski definition) is 1. The van der Waals surface area contributed by atoms with E-state index in [0.717, 1.165) is 15.6 Å². The van der Waals surface area contributed by atoms with Gasteiger partial charge in [0.25, 0.3) is 0 Å². The Morgan fingerprint density at radius 1 is 1.46 bits per heavy atom. The second-order valence-electron chi connectivity index (χ2n) is 2.34. The summed E-state index contributed by atoms with van der Waals surface area (Å²) in [5.41, 5.74) is 6.60. The third-order valence-electron chi connectivity index (χ3n) is 1.46. The quantitative estimate of drug-likeness (QED) is 0.863. The van der Waals surface area contributed by atoms with Crippen molar-refractivity contribution in [3.63, 3.8) is 0 Å². The summed E-state index contributed by atoms with van der Waals surface area (Å²) >= 11 is 5.56. The summed E-state index contributed by atoms with van der Waals surface area (Å²) in [4.78, 5) is 0. The van der Waals surface area contributed by atoms with Gasteiger partial charge in [0.05, 0.1) is 2.88 Å². The van der Waals surface area contributed by atoms with Gasteiger partial charge in [-0.05, 0) is 28.7 Å². The molecule has 2 aromatic rings. The summed E-state index contributed by atoms with van der Waals surface area (Å²) in [6.07, 6.45) is 0. The van der Waals surface area contributed by atoms with Crippen LogP contribution in [0.1, 0.15) is 5.01 Å². The Morgan fingerprint density at radius 3 is 2.85 bits per heavy atom. The molecule has 0 aliphatic heterocycles. The van der Waals surface area contributed by atoms with Gasteiger partial charge in [-0.3, -0.25) is 0 Å². The van der Waals surface area contributed by atoms with Crippen molar-refractivity contribution >= 4 is 45.3 Å². The average molecular weight is 323 g/mol. The number of nitrogens with zero attached hydrogens (tertiary/aromatic N) is 2. The molecule has 2 aromatic heterocycles. The van der Waals surface area contributed by atoms with Gasteiger partial charge in [0.1, 0.15) is 10.0 Å². The Labute approximate surface area is 97.1 Å². The summed E-state index contributed by atoms with van der Waals surface area (Å²) in [6.45, 7) is 0.471. The first-order chi connectivity index (χ1) is 6.29. The van der Waals surface area contributed by atoms with Gasteiger partial charge >= 0.3 is 0 Å². The fourth-order valence-electron chi connectivity index (χ4n) is 0.875. The molecular weight excluding hydrogens is 317 g/mol. The van der Waals surface area contributed by atoms with Crippen molar-refractivity contribution in [2.24, 2.45) is 5.73 Å². The Hall–Kier alpha value is -0.0500. The molecule has 0 fully saturated rings. The Bertz CT molecular complexity index is 409. The standard InChI is InChI=1S/C7H6IN3S2/c8-5-1-4(3-12-5)7-11-10-6(2-9)13-7/h1,3H,2,9H2. The molecule has 0 bridgehead atoms. The Kier molecular flexibility index (Phi) is 2.92. The third-order valence-corrected chi connectivity index (χ3v) is 4.24. The first-order valence-corrected chi connectivity index (χ1v) is 6.34. The minimum atomic E-state index is 0.471. The zero-order valence-corrected chi connectivity index (χ0v) is 10.3. The van der Waals surface area contributed by atoms with E-state index in [1.165, 1.54) is 2.88 Å². The van der Waals surface area contributed by atoms with Crippen LogP contribution in [-0.4, -0.2) is 10.2 Å². The smallest absolute Gasteiger partial charge is 0.148 e. The minimum absolute atomic E-state index is 0.471.